The van der Waals surface area contributed by atoms with Crippen molar-refractivity contribution in [3.63, 3.8) is 0 Å². The molecule has 0 atom stereocenters. The number of para-hydroxylation sites is 1. The summed E-state index contributed by atoms with van der Waals surface area (Å²) < 4.78 is 0. The highest BCUT2D eigenvalue weighted by Gasteiger charge is 2.08. The Bertz CT molecular complexity index is 832. The van der Waals surface area contributed by atoms with Crippen molar-refractivity contribution in [3.8, 4) is 5.75 Å². The molecule has 0 fully saturated rings. The second-order valence-corrected chi connectivity index (χ2v) is 5.77. The molecule has 3 N–H and O–H groups in total. The van der Waals surface area contributed by atoms with Crippen molar-refractivity contribution in [2.24, 2.45) is 5.10 Å². The van der Waals surface area contributed by atoms with Gasteiger partial charge < -0.3 is 10.4 Å². The standard InChI is InChI=1S/C19H18ClN3O3/c1-2-4-13-5-3-6-15(18(13)25)11-22-23-17(24)12-21-19(26)14-7-9-16(20)10-8-14/h2-3,5-11,25H,1,4,12H2,(H,21,26)(H,23,24)/b22-11+. The van der Waals surface area contributed by atoms with Crippen molar-refractivity contribution in [2.45, 2.75) is 6.42 Å². The average Bonchev–Trinajstić information content (AvgIpc) is 2.63. The van der Waals surface area contributed by atoms with Gasteiger partial charge in [0.15, 0.2) is 0 Å². The summed E-state index contributed by atoms with van der Waals surface area (Å²) in [6, 6.07) is 11.5. The van der Waals surface area contributed by atoms with Gasteiger partial charge in [0, 0.05) is 16.1 Å². The number of nitrogens with one attached hydrogen (secondary N) is 2. The molecule has 0 aliphatic heterocycles. The quantitative estimate of drug-likeness (QED) is 0.397. The van der Waals surface area contributed by atoms with Gasteiger partial charge in [-0.15, -0.1) is 6.58 Å². The first kappa shape index (κ1) is 19.2. The second kappa shape index (κ2) is 9.39. The number of hydrazone groups is 1. The van der Waals surface area contributed by atoms with Gasteiger partial charge >= 0.3 is 0 Å². The first-order valence-electron chi connectivity index (χ1n) is 7.78. The monoisotopic (exact) mass is 371 g/mol. The topological polar surface area (TPSA) is 90.8 Å². The Hall–Kier alpha value is -3.12. The fraction of sp³-hybridized carbons (Fsp3) is 0.105. The minimum Gasteiger partial charge on any atom is -0.507 e. The van der Waals surface area contributed by atoms with E-state index in [0.29, 0.717) is 28.1 Å². The maximum absolute atomic E-state index is 11.9. The Morgan fingerprint density at radius 2 is 1.92 bits per heavy atom. The molecule has 2 aromatic carbocycles. The normalized spacial score (nSPS) is 10.5. The van der Waals surface area contributed by atoms with E-state index in [1.165, 1.54) is 6.21 Å². The second-order valence-electron chi connectivity index (χ2n) is 5.33. The highest BCUT2D eigenvalue weighted by molar-refractivity contribution is 6.30. The zero-order valence-electron chi connectivity index (χ0n) is 13.9. The number of hydrogen-bond donors (Lipinski definition) is 3. The molecule has 0 unspecified atom stereocenters. The lowest BCUT2D eigenvalue weighted by molar-refractivity contribution is -0.120. The van der Waals surface area contributed by atoms with Crippen LogP contribution in [0, 0.1) is 0 Å². The molecule has 0 radical (unpaired) electrons. The minimum absolute atomic E-state index is 0.0847. The molecular formula is C19H18ClN3O3. The first-order valence-corrected chi connectivity index (χ1v) is 8.16. The van der Waals surface area contributed by atoms with Crippen molar-refractivity contribution in [2.75, 3.05) is 6.54 Å². The van der Waals surface area contributed by atoms with E-state index in [1.807, 2.05) is 0 Å². The van der Waals surface area contributed by atoms with Gasteiger partial charge in [0.25, 0.3) is 11.8 Å². The third kappa shape index (κ3) is 5.46. The van der Waals surface area contributed by atoms with Crippen LogP contribution in [0.15, 0.2) is 60.2 Å². The highest BCUT2D eigenvalue weighted by atomic mass is 35.5. The Morgan fingerprint density at radius 1 is 1.19 bits per heavy atom. The molecule has 0 aliphatic carbocycles. The third-order valence-electron chi connectivity index (χ3n) is 3.42. The number of rotatable bonds is 7. The summed E-state index contributed by atoms with van der Waals surface area (Å²) in [7, 11) is 0. The Labute approximate surface area is 156 Å². The number of carbonyl (C=O) groups is 2. The van der Waals surface area contributed by atoms with Crippen LogP contribution in [0.4, 0.5) is 0 Å². The molecule has 2 amide bonds. The van der Waals surface area contributed by atoms with E-state index in [9.17, 15) is 14.7 Å². The van der Waals surface area contributed by atoms with E-state index in [2.05, 4.69) is 22.4 Å². The molecule has 2 aromatic rings. The number of aromatic hydroxyl groups is 1. The van der Waals surface area contributed by atoms with Gasteiger partial charge in [-0.05, 0) is 42.3 Å². The number of nitrogens with zero attached hydrogens (tertiary/aromatic N) is 1. The summed E-state index contributed by atoms with van der Waals surface area (Å²) in [5.41, 5.74) is 3.87. The molecule has 7 heteroatoms. The lowest BCUT2D eigenvalue weighted by Gasteiger charge is -2.05. The number of allylic oxidation sites excluding steroid dienone is 1. The van der Waals surface area contributed by atoms with Gasteiger partial charge in [-0.2, -0.15) is 5.10 Å². The zero-order valence-corrected chi connectivity index (χ0v) is 14.7. The minimum atomic E-state index is -0.495. The lowest BCUT2D eigenvalue weighted by atomic mass is 10.1. The molecule has 0 aromatic heterocycles. The van der Waals surface area contributed by atoms with E-state index in [-0.39, 0.29) is 12.3 Å². The largest absolute Gasteiger partial charge is 0.507 e. The molecule has 0 saturated heterocycles. The van der Waals surface area contributed by atoms with Gasteiger partial charge in [-0.1, -0.05) is 29.8 Å². The van der Waals surface area contributed by atoms with Crippen molar-refractivity contribution >= 4 is 29.6 Å². The summed E-state index contributed by atoms with van der Waals surface area (Å²) in [5.74, 6) is -0.803. The molecule has 0 heterocycles. The summed E-state index contributed by atoms with van der Waals surface area (Å²) in [4.78, 5) is 23.6. The molecular weight excluding hydrogens is 354 g/mol. The van der Waals surface area contributed by atoms with E-state index in [0.717, 1.165) is 0 Å². The summed E-state index contributed by atoms with van der Waals surface area (Å²) in [5, 5.41) is 16.9. The van der Waals surface area contributed by atoms with Crippen molar-refractivity contribution in [3.05, 3.63) is 76.8 Å². The predicted octanol–water partition coefficient (Wildman–Crippen LogP) is 2.65. The van der Waals surface area contributed by atoms with Gasteiger partial charge in [0.1, 0.15) is 5.75 Å². The van der Waals surface area contributed by atoms with E-state index < -0.39 is 11.8 Å². The SMILES string of the molecule is C=CCc1cccc(/C=N/NC(=O)CNC(=O)c2ccc(Cl)cc2)c1O. The van der Waals surface area contributed by atoms with Crippen LogP contribution in [0.25, 0.3) is 0 Å². The number of phenolic OH excluding ortho intramolecular Hbond substituents is 1. The van der Waals surface area contributed by atoms with Gasteiger partial charge in [-0.25, -0.2) is 5.43 Å². The number of halogens is 1. The van der Waals surface area contributed by atoms with E-state index in [1.54, 1.807) is 48.5 Å². The zero-order chi connectivity index (χ0) is 18.9. The van der Waals surface area contributed by atoms with Crippen molar-refractivity contribution < 1.29 is 14.7 Å². The lowest BCUT2D eigenvalue weighted by Crippen LogP contribution is -2.34. The molecule has 26 heavy (non-hydrogen) atoms. The van der Waals surface area contributed by atoms with Gasteiger partial charge in [0.05, 0.1) is 12.8 Å². The molecule has 0 aliphatic rings. The fourth-order valence-electron chi connectivity index (χ4n) is 2.11. The van der Waals surface area contributed by atoms with Crippen LogP contribution in [0.5, 0.6) is 5.75 Å². The molecule has 134 valence electrons. The van der Waals surface area contributed by atoms with E-state index >= 15 is 0 Å². The highest BCUT2D eigenvalue weighted by Crippen LogP contribution is 2.21. The van der Waals surface area contributed by atoms with Crippen molar-refractivity contribution in [1.82, 2.24) is 10.7 Å². The summed E-state index contributed by atoms with van der Waals surface area (Å²) >= 11 is 5.76. The van der Waals surface area contributed by atoms with Crippen LogP contribution in [0.2, 0.25) is 5.02 Å². The van der Waals surface area contributed by atoms with Crippen molar-refractivity contribution in [1.29, 1.82) is 0 Å². The van der Waals surface area contributed by atoms with E-state index in [4.69, 9.17) is 11.6 Å². The average molecular weight is 372 g/mol. The van der Waals surface area contributed by atoms with Crippen LogP contribution in [0.1, 0.15) is 21.5 Å². The predicted molar refractivity (Wildman–Crippen MR) is 102 cm³/mol. The number of hydrogen-bond acceptors (Lipinski definition) is 4. The fourth-order valence-corrected chi connectivity index (χ4v) is 2.24. The summed E-state index contributed by atoms with van der Waals surface area (Å²) in [6.07, 6.45) is 3.54. The number of phenols is 1. The Morgan fingerprint density at radius 3 is 2.62 bits per heavy atom. The first-order chi connectivity index (χ1) is 12.5. The van der Waals surface area contributed by atoms with Crippen LogP contribution in [0.3, 0.4) is 0 Å². The van der Waals surface area contributed by atoms with Gasteiger partial charge in [0.2, 0.25) is 0 Å². The molecule has 0 spiro atoms. The number of amides is 2. The molecule has 6 nitrogen and oxygen atoms in total. The summed E-state index contributed by atoms with van der Waals surface area (Å²) in [6.45, 7) is 3.40. The Balaban J connectivity index is 1.86. The third-order valence-corrected chi connectivity index (χ3v) is 3.68. The van der Waals surface area contributed by atoms with Crippen LogP contribution in [-0.2, 0) is 11.2 Å². The molecule has 0 saturated carbocycles. The van der Waals surface area contributed by atoms with Crippen LogP contribution < -0.4 is 10.7 Å². The van der Waals surface area contributed by atoms with Crippen LogP contribution >= 0.6 is 11.6 Å². The molecule has 0 bridgehead atoms. The maximum atomic E-state index is 11.9. The Kier molecular flexibility index (Phi) is 6.93. The smallest absolute Gasteiger partial charge is 0.259 e. The number of benzene rings is 2. The van der Waals surface area contributed by atoms with Crippen LogP contribution in [-0.4, -0.2) is 29.7 Å². The maximum Gasteiger partial charge on any atom is 0.259 e. The van der Waals surface area contributed by atoms with Gasteiger partial charge in [-0.3, -0.25) is 9.59 Å². The molecule has 2 rings (SSSR count). The number of carbonyl (C=O) groups excluding carboxylic acids is 2.